The molecule has 0 radical (unpaired) electrons. The molecule has 2 aromatic carbocycles. The van der Waals surface area contributed by atoms with Gasteiger partial charge in [0, 0.05) is 38.3 Å². The van der Waals surface area contributed by atoms with Crippen LogP contribution in [0.4, 0.5) is 9.59 Å². The first-order valence-electron chi connectivity index (χ1n) is 17.6. The van der Waals surface area contributed by atoms with E-state index in [1.807, 2.05) is 48.5 Å². The molecule has 0 aliphatic carbocycles. The van der Waals surface area contributed by atoms with Gasteiger partial charge < -0.3 is 30.8 Å². The third-order valence-electron chi connectivity index (χ3n) is 9.88. The lowest BCUT2D eigenvalue weighted by Gasteiger charge is -2.31. The van der Waals surface area contributed by atoms with E-state index in [1.165, 1.54) is 0 Å². The van der Waals surface area contributed by atoms with Crippen molar-refractivity contribution in [1.29, 1.82) is 0 Å². The highest BCUT2D eigenvalue weighted by molar-refractivity contribution is 6.32. The minimum Gasteiger partial charge on any atom is -0.465 e. The number of carbonyl (C=O) groups is 4. The van der Waals surface area contributed by atoms with Crippen molar-refractivity contribution >= 4 is 47.2 Å². The van der Waals surface area contributed by atoms with E-state index in [2.05, 4.69) is 20.6 Å². The number of benzene rings is 2. The lowest BCUT2D eigenvalue weighted by atomic mass is 10.0. The number of halogens is 2. The van der Waals surface area contributed by atoms with E-state index in [9.17, 15) is 29.4 Å². The first-order valence-corrected chi connectivity index (χ1v) is 18.4. The number of hydrazine groups is 2. The Labute approximate surface area is 321 Å². The SMILES string of the molecule is CC[C@H](NC(=O)O)C(=O)N1[C@H](c2nc(-c3ccc(-c4ccc(-c5nc([C@@H]6CCN(C)N6C(=O)[C@H](CC)NC(=O)O)[nH]c5Cl)cc4)cc3)c(Cl)[nH]2)CCN1C. The summed E-state index contributed by atoms with van der Waals surface area (Å²) in [7, 11) is 3.56. The van der Waals surface area contributed by atoms with E-state index in [0.29, 0.717) is 72.1 Å². The molecule has 16 nitrogen and oxygen atoms in total. The number of carboxylic acid groups (broad SMARTS) is 2. The van der Waals surface area contributed by atoms with Crippen molar-refractivity contribution in [2.24, 2.45) is 0 Å². The summed E-state index contributed by atoms with van der Waals surface area (Å²) in [5, 5.41) is 30.3. The maximum Gasteiger partial charge on any atom is 0.405 e. The van der Waals surface area contributed by atoms with Crippen LogP contribution in [0.5, 0.6) is 0 Å². The summed E-state index contributed by atoms with van der Waals surface area (Å²) in [5.74, 6) is 0.304. The first-order chi connectivity index (χ1) is 25.8. The van der Waals surface area contributed by atoms with Crippen LogP contribution in [0.25, 0.3) is 33.6 Å². The molecular weight excluding hydrogens is 739 g/mol. The Morgan fingerprint density at radius 3 is 1.33 bits per heavy atom. The highest BCUT2D eigenvalue weighted by Crippen LogP contribution is 2.37. The number of nitrogens with zero attached hydrogens (tertiary/aromatic N) is 6. The quantitative estimate of drug-likeness (QED) is 0.108. The van der Waals surface area contributed by atoms with Gasteiger partial charge in [-0.15, -0.1) is 0 Å². The molecule has 2 saturated heterocycles. The van der Waals surface area contributed by atoms with Gasteiger partial charge in [0.05, 0.1) is 0 Å². The van der Waals surface area contributed by atoms with E-state index < -0.39 is 36.4 Å². The lowest BCUT2D eigenvalue weighted by Crippen LogP contribution is -2.51. The van der Waals surface area contributed by atoms with Crippen molar-refractivity contribution in [3.05, 3.63) is 70.5 Å². The number of amides is 4. The summed E-state index contributed by atoms with van der Waals surface area (Å²) in [5.41, 5.74) is 4.51. The Balaban J connectivity index is 1.17. The summed E-state index contributed by atoms with van der Waals surface area (Å²) in [6.45, 7) is 4.66. The van der Waals surface area contributed by atoms with Crippen molar-refractivity contribution in [1.82, 2.24) is 50.6 Å². The van der Waals surface area contributed by atoms with Crippen LogP contribution >= 0.6 is 23.2 Å². The van der Waals surface area contributed by atoms with Crippen LogP contribution in [0.1, 0.15) is 63.3 Å². The number of aromatic nitrogens is 4. The molecule has 0 bridgehead atoms. The van der Waals surface area contributed by atoms with E-state index >= 15 is 0 Å². The Hall–Kier alpha value is -5.16. The molecule has 18 heteroatoms. The number of rotatable bonds is 11. The van der Waals surface area contributed by atoms with E-state index in [-0.39, 0.29) is 11.8 Å². The second-order valence-electron chi connectivity index (χ2n) is 13.3. The lowest BCUT2D eigenvalue weighted by molar-refractivity contribution is -0.149. The van der Waals surface area contributed by atoms with Gasteiger partial charge in [-0.3, -0.25) is 19.6 Å². The molecule has 0 unspecified atom stereocenters. The van der Waals surface area contributed by atoms with Gasteiger partial charge in [0.15, 0.2) is 0 Å². The molecule has 4 amide bonds. The molecule has 4 heterocycles. The molecule has 0 saturated carbocycles. The number of imidazole rings is 2. The maximum atomic E-state index is 13.4. The van der Waals surface area contributed by atoms with Crippen molar-refractivity contribution in [2.75, 3.05) is 27.2 Å². The number of nitrogens with one attached hydrogen (secondary N) is 4. The van der Waals surface area contributed by atoms with Gasteiger partial charge >= 0.3 is 12.2 Å². The van der Waals surface area contributed by atoms with Crippen molar-refractivity contribution in [2.45, 2.75) is 63.7 Å². The standard InChI is InChI=1S/C36H42Cl2N10O6/c1-5-23(39-35(51)52)33(49)47-25(15-17-45(47)3)31-41-27(29(37)43-31)21-11-7-19(8-12-21)20-9-13-22(14-10-20)28-30(38)44-32(42-28)26-16-18-46(4)48(26)34(50)24(6-2)40-36(53)54/h7-14,23-26,39-40H,5-6,15-18H2,1-4H3,(H,41,43)(H,42,44)(H,51,52)(H,53,54)/t23-,24-,25-,26-/m0/s1. The van der Waals surface area contributed by atoms with Crippen LogP contribution in [-0.2, 0) is 9.59 Å². The number of hydrogen-bond acceptors (Lipinski definition) is 8. The number of carbonyl (C=O) groups excluding carboxylic acids is 2. The van der Waals surface area contributed by atoms with Crippen LogP contribution in [-0.4, -0.2) is 113 Å². The van der Waals surface area contributed by atoms with Gasteiger partial charge in [0.1, 0.15) is 57.5 Å². The summed E-state index contributed by atoms with van der Waals surface area (Å²) >= 11 is 13.3. The van der Waals surface area contributed by atoms with Gasteiger partial charge in [-0.1, -0.05) is 85.6 Å². The molecular formula is C36H42Cl2N10O6. The summed E-state index contributed by atoms with van der Waals surface area (Å²) in [4.78, 5) is 65.1. The molecule has 4 aromatic rings. The Morgan fingerprint density at radius 2 is 1.02 bits per heavy atom. The fourth-order valence-electron chi connectivity index (χ4n) is 7.07. The van der Waals surface area contributed by atoms with Crippen LogP contribution in [0.2, 0.25) is 10.3 Å². The van der Waals surface area contributed by atoms with Crippen LogP contribution < -0.4 is 10.6 Å². The van der Waals surface area contributed by atoms with Gasteiger partial charge in [0.25, 0.3) is 11.8 Å². The van der Waals surface area contributed by atoms with Crippen LogP contribution in [0, 0.1) is 0 Å². The molecule has 2 aliphatic rings. The maximum absolute atomic E-state index is 13.4. The second-order valence-corrected chi connectivity index (χ2v) is 14.0. The smallest absolute Gasteiger partial charge is 0.405 e. The summed E-state index contributed by atoms with van der Waals surface area (Å²) in [6.07, 6.45) is -0.731. The zero-order valence-electron chi connectivity index (χ0n) is 30.1. The van der Waals surface area contributed by atoms with Gasteiger partial charge in [-0.25, -0.2) is 29.6 Å². The van der Waals surface area contributed by atoms with Crippen molar-refractivity contribution in [3.63, 3.8) is 0 Å². The molecule has 0 spiro atoms. The van der Waals surface area contributed by atoms with Crippen LogP contribution in [0.15, 0.2) is 48.5 Å². The topological polar surface area (TPSA) is 203 Å². The molecule has 2 aliphatic heterocycles. The third kappa shape index (κ3) is 7.73. The first kappa shape index (κ1) is 38.6. The predicted molar refractivity (Wildman–Crippen MR) is 201 cm³/mol. The Kier molecular flexibility index (Phi) is 11.5. The Bertz CT molecular complexity index is 1880. The highest BCUT2D eigenvalue weighted by Gasteiger charge is 2.41. The number of H-pyrrole nitrogens is 2. The Morgan fingerprint density at radius 1 is 0.685 bits per heavy atom. The minimum absolute atomic E-state index is 0.302. The average molecular weight is 782 g/mol. The number of aromatic amines is 2. The van der Waals surface area contributed by atoms with Gasteiger partial charge in [-0.05, 0) is 36.8 Å². The predicted octanol–water partition coefficient (Wildman–Crippen LogP) is 5.77. The normalized spacial score (nSPS) is 18.9. The van der Waals surface area contributed by atoms with Gasteiger partial charge in [0.2, 0.25) is 0 Å². The van der Waals surface area contributed by atoms with Crippen molar-refractivity contribution < 1.29 is 29.4 Å². The zero-order valence-corrected chi connectivity index (χ0v) is 31.6. The third-order valence-corrected chi connectivity index (χ3v) is 10.4. The van der Waals surface area contributed by atoms with Crippen LogP contribution in [0.3, 0.4) is 0 Å². The summed E-state index contributed by atoms with van der Waals surface area (Å²) < 4.78 is 0. The fraction of sp³-hybridized carbons (Fsp3) is 0.389. The zero-order chi connectivity index (χ0) is 38.8. The summed E-state index contributed by atoms with van der Waals surface area (Å²) in [6, 6.07) is 12.8. The largest absolute Gasteiger partial charge is 0.465 e. The van der Waals surface area contributed by atoms with Gasteiger partial charge in [-0.2, -0.15) is 0 Å². The second kappa shape index (κ2) is 16.1. The number of hydrogen-bond donors (Lipinski definition) is 6. The van der Waals surface area contributed by atoms with E-state index in [4.69, 9.17) is 33.2 Å². The average Bonchev–Trinajstić information content (AvgIpc) is 3.93. The molecule has 6 N–H and O–H groups in total. The minimum atomic E-state index is -1.26. The molecule has 2 fully saturated rings. The molecule has 286 valence electrons. The molecule has 4 atom stereocenters. The molecule has 6 rings (SSSR count). The van der Waals surface area contributed by atoms with Crippen molar-refractivity contribution in [3.8, 4) is 33.6 Å². The monoisotopic (exact) mass is 780 g/mol. The van der Waals surface area contributed by atoms with E-state index in [0.717, 1.165) is 22.3 Å². The molecule has 54 heavy (non-hydrogen) atoms. The van der Waals surface area contributed by atoms with E-state index in [1.54, 1.807) is 48.0 Å². The highest BCUT2D eigenvalue weighted by atomic mass is 35.5. The molecule has 2 aromatic heterocycles. The fourth-order valence-corrected chi connectivity index (χ4v) is 7.57.